The molecule has 0 radical (unpaired) electrons. The fourth-order valence-corrected chi connectivity index (χ4v) is 3.80. The lowest BCUT2D eigenvalue weighted by Crippen LogP contribution is -2.28. The van der Waals surface area contributed by atoms with Gasteiger partial charge in [0.1, 0.15) is 5.75 Å². The maximum atomic E-state index is 12.4. The average molecular weight is 370 g/mol. The molecule has 0 bridgehead atoms. The van der Waals surface area contributed by atoms with Gasteiger partial charge in [-0.15, -0.1) is 11.8 Å². The predicted molar refractivity (Wildman–Crippen MR) is 104 cm³/mol. The first kappa shape index (κ1) is 18.3. The number of rotatable bonds is 5. The molecule has 6 heteroatoms. The summed E-state index contributed by atoms with van der Waals surface area (Å²) in [5.41, 5.74) is 3.46. The molecule has 0 saturated heterocycles. The summed E-state index contributed by atoms with van der Waals surface area (Å²) in [4.78, 5) is 25.2. The molecule has 26 heavy (non-hydrogen) atoms. The van der Waals surface area contributed by atoms with Gasteiger partial charge in [0.2, 0.25) is 5.91 Å². The molecule has 1 aliphatic heterocycles. The molecule has 0 aromatic heterocycles. The molecule has 0 spiro atoms. The van der Waals surface area contributed by atoms with E-state index in [1.54, 1.807) is 19.2 Å². The van der Waals surface area contributed by atoms with E-state index in [2.05, 4.69) is 16.7 Å². The Bertz CT molecular complexity index is 851. The van der Waals surface area contributed by atoms with Crippen molar-refractivity contribution >= 4 is 29.3 Å². The Morgan fingerprint density at radius 2 is 2.08 bits per heavy atom. The van der Waals surface area contributed by atoms with E-state index in [9.17, 15) is 9.59 Å². The zero-order valence-electron chi connectivity index (χ0n) is 15.1. The Hall–Kier alpha value is -2.47. The van der Waals surface area contributed by atoms with E-state index in [1.807, 2.05) is 32.0 Å². The highest BCUT2D eigenvalue weighted by Gasteiger charge is 2.23. The summed E-state index contributed by atoms with van der Waals surface area (Å²) in [5, 5.41) is 5.66. The normalized spacial score (nSPS) is 15.8. The van der Waals surface area contributed by atoms with Gasteiger partial charge in [-0.25, -0.2) is 0 Å². The number of aryl methyl sites for hydroxylation is 1. The first-order valence-electron chi connectivity index (χ1n) is 8.51. The number of amides is 2. The number of benzene rings is 2. The Morgan fingerprint density at radius 1 is 1.27 bits per heavy atom. The Balaban J connectivity index is 1.63. The van der Waals surface area contributed by atoms with Gasteiger partial charge in [0.05, 0.1) is 18.0 Å². The molecule has 0 saturated carbocycles. The lowest BCUT2D eigenvalue weighted by atomic mass is 10.1. The van der Waals surface area contributed by atoms with Crippen LogP contribution in [0.4, 0.5) is 5.69 Å². The molecule has 0 unspecified atom stereocenters. The summed E-state index contributed by atoms with van der Waals surface area (Å²) in [6.07, 6.45) is 0.686. The number of hydrogen-bond donors (Lipinski definition) is 2. The minimum absolute atomic E-state index is 0.0356. The van der Waals surface area contributed by atoms with E-state index in [4.69, 9.17) is 4.74 Å². The van der Waals surface area contributed by atoms with Crippen molar-refractivity contribution in [3.63, 3.8) is 0 Å². The van der Waals surface area contributed by atoms with E-state index in [1.165, 1.54) is 11.8 Å². The highest BCUT2D eigenvalue weighted by atomic mass is 32.2. The summed E-state index contributed by atoms with van der Waals surface area (Å²) in [5.74, 6) is 0.636. The van der Waals surface area contributed by atoms with Gasteiger partial charge in [0, 0.05) is 17.0 Å². The number of anilines is 1. The molecule has 1 heterocycles. The van der Waals surface area contributed by atoms with Gasteiger partial charge in [-0.3, -0.25) is 9.59 Å². The minimum atomic E-state index is -0.155. The second-order valence-corrected chi connectivity index (χ2v) is 7.66. The number of ether oxygens (including phenoxy) is 1. The third-order valence-corrected chi connectivity index (χ3v) is 5.47. The minimum Gasteiger partial charge on any atom is -0.496 e. The van der Waals surface area contributed by atoms with Crippen molar-refractivity contribution in [1.82, 2.24) is 5.32 Å². The largest absolute Gasteiger partial charge is 0.496 e. The fraction of sp³-hybridized carbons (Fsp3) is 0.300. The molecular formula is C20H22N2O3S. The van der Waals surface area contributed by atoms with Crippen molar-refractivity contribution in [2.24, 2.45) is 0 Å². The quantitative estimate of drug-likeness (QED) is 0.846. The van der Waals surface area contributed by atoms with Gasteiger partial charge in [-0.05, 0) is 50.1 Å². The number of carbonyl (C=O) groups excluding carboxylic acids is 2. The van der Waals surface area contributed by atoms with E-state index in [-0.39, 0.29) is 17.1 Å². The third kappa shape index (κ3) is 4.02. The zero-order chi connectivity index (χ0) is 18.7. The van der Waals surface area contributed by atoms with Crippen LogP contribution in [0.1, 0.15) is 28.4 Å². The molecule has 136 valence electrons. The second-order valence-electron chi connectivity index (χ2n) is 6.28. The van der Waals surface area contributed by atoms with Gasteiger partial charge in [0.25, 0.3) is 5.91 Å². The van der Waals surface area contributed by atoms with Crippen LogP contribution < -0.4 is 15.4 Å². The van der Waals surface area contributed by atoms with Crippen LogP contribution in [0.25, 0.3) is 0 Å². The van der Waals surface area contributed by atoms with Crippen molar-refractivity contribution in [2.75, 3.05) is 19.0 Å². The number of thioether (sulfide) groups is 1. The summed E-state index contributed by atoms with van der Waals surface area (Å²) in [6, 6.07) is 11.4. The Kier molecular flexibility index (Phi) is 5.52. The number of hydrogen-bond acceptors (Lipinski definition) is 4. The van der Waals surface area contributed by atoms with Gasteiger partial charge in [-0.1, -0.05) is 17.7 Å². The van der Waals surface area contributed by atoms with Gasteiger partial charge < -0.3 is 15.4 Å². The van der Waals surface area contributed by atoms with Crippen molar-refractivity contribution in [1.29, 1.82) is 0 Å². The Morgan fingerprint density at radius 3 is 2.85 bits per heavy atom. The number of fused-ring (bicyclic) bond motifs is 1. The summed E-state index contributed by atoms with van der Waals surface area (Å²) >= 11 is 1.50. The lowest BCUT2D eigenvalue weighted by Gasteiger charge is -2.21. The number of nitrogens with one attached hydrogen (secondary N) is 2. The maximum Gasteiger partial charge on any atom is 0.251 e. The molecule has 3 rings (SSSR count). The zero-order valence-corrected chi connectivity index (χ0v) is 15.9. The second kappa shape index (κ2) is 7.83. The molecule has 2 aromatic rings. The molecule has 2 N–H and O–H groups in total. The van der Waals surface area contributed by atoms with Gasteiger partial charge >= 0.3 is 0 Å². The molecular weight excluding hydrogens is 348 g/mol. The molecule has 1 atom stereocenters. The fourth-order valence-electron chi connectivity index (χ4n) is 2.87. The van der Waals surface area contributed by atoms with Crippen LogP contribution in [0.5, 0.6) is 5.75 Å². The van der Waals surface area contributed by atoms with E-state index in [0.29, 0.717) is 24.2 Å². The van der Waals surface area contributed by atoms with Crippen LogP contribution in [0, 0.1) is 6.92 Å². The van der Waals surface area contributed by atoms with Crippen LogP contribution in [0.15, 0.2) is 41.3 Å². The van der Waals surface area contributed by atoms with Crippen molar-refractivity contribution in [3.8, 4) is 5.75 Å². The molecule has 0 aliphatic carbocycles. The topological polar surface area (TPSA) is 67.4 Å². The first-order chi connectivity index (χ1) is 12.5. The smallest absolute Gasteiger partial charge is 0.251 e. The monoisotopic (exact) mass is 370 g/mol. The van der Waals surface area contributed by atoms with Crippen LogP contribution in [-0.4, -0.2) is 30.7 Å². The van der Waals surface area contributed by atoms with E-state index >= 15 is 0 Å². The van der Waals surface area contributed by atoms with Crippen molar-refractivity contribution in [2.45, 2.75) is 30.4 Å². The highest BCUT2D eigenvalue weighted by Crippen LogP contribution is 2.35. The Labute approximate surface area is 157 Å². The highest BCUT2D eigenvalue weighted by molar-refractivity contribution is 8.00. The molecule has 0 fully saturated rings. The van der Waals surface area contributed by atoms with Crippen LogP contribution in [0.2, 0.25) is 0 Å². The summed E-state index contributed by atoms with van der Waals surface area (Å²) in [7, 11) is 1.65. The molecule has 1 aliphatic rings. The molecule has 2 amide bonds. The number of methoxy groups -OCH3 is 1. The van der Waals surface area contributed by atoms with E-state index < -0.39 is 0 Å². The van der Waals surface area contributed by atoms with Crippen LogP contribution in [0.3, 0.4) is 0 Å². The van der Waals surface area contributed by atoms with Crippen LogP contribution in [-0.2, 0) is 11.2 Å². The third-order valence-electron chi connectivity index (χ3n) is 4.29. The van der Waals surface area contributed by atoms with Gasteiger partial charge in [0.15, 0.2) is 0 Å². The number of carbonyl (C=O) groups is 2. The summed E-state index contributed by atoms with van der Waals surface area (Å²) < 4.78 is 5.37. The standard InChI is InChI=1S/C20H22N2O3S/c1-12-4-6-17(25-3)14(10-12)8-9-21-20(24)15-5-7-18-16(11-15)22-19(23)13(2)26-18/h4-7,10-11,13H,8-9H2,1-3H3,(H,21,24)(H,22,23)/t13-/m0/s1. The van der Waals surface area contributed by atoms with Gasteiger partial charge in [-0.2, -0.15) is 0 Å². The van der Waals surface area contributed by atoms with E-state index in [0.717, 1.165) is 21.8 Å². The first-order valence-corrected chi connectivity index (χ1v) is 9.39. The lowest BCUT2D eigenvalue weighted by molar-refractivity contribution is -0.115. The average Bonchev–Trinajstić information content (AvgIpc) is 2.62. The maximum absolute atomic E-state index is 12.4. The van der Waals surface area contributed by atoms with Crippen molar-refractivity contribution < 1.29 is 14.3 Å². The van der Waals surface area contributed by atoms with Crippen LogP contribution >= 0.6 is 11.8 Å². The summed E-state index contributed by atoms with van der Waals surface area (Å²) in [6.45, 7) is 4.40. The molecule has 2 aromatic carbocycles. The molecule has 5 nitrogen and oxygen atoms in total. The predicted octanol–water partition coefficient (Wildman–Crippen LogP) is 3.41. The SMILES string of the molecule is COc1ccc(C)cc1CCNC(=O)c1ccc2c(c1)NC(=O)[C@H](C)S2. The van der Waals surface area contributed by atoms with Crippen molar-refractivity contribution in [3.05, 3.63) is 53.1 Å².